The van der Waals surface area contributed by atoms with Gasteiger partial charge in [0.1, 0.15) is 17.2 Å². The van der Waals surface area contributed by atoms with Gasteiger partial charge >= 0.3 is 0 Å². The highest BCUT2D eigenvalue weighted by molar-refractivity contribution is 7.98. The predicted molar refractivity (Wildman–Crippen MR) is 122 cm³/mol. The number of aromatic amines is 1. The highest BCUT2D eigenvalue weighted by Gasteiger charge is 2.19. The maximum Gasteiger partial charge on any atom is 0.251 e. The van der Waals surface area contributed by atoms with Crippen LogP contribution in [0.15, 0.2) is 64.1 Å². The molecule has 0 aliphatic heterocycles. The normalized spacial score (nSPS) is 12.1. The zero-order chi connectivity index (χ0) is 21.8. The number of hydrogen-bond acceptors (Lipinski definition) is 6. The number of rotatable bonds is 7. The van der Waals surface area contributed by atoms with Gasteiger partial charge in [0.15, 0.2) is 0 Å². The first-order valence-electron chi connectivity index (χ1n) is 9.85. The molecule has 158 valence electrons. The van der Waals surface area contributed by atoms with Crippen LogP contribution in [0.2, 0.25) is 0 Å². The summed E-state index contributed by atoms with van der Waals surface area (Å²) in [6, 6.07) is 11.9. The standard InChI is InChI=1S/C23H22N4O3S/c1-14-10-17-11-15(5-6-20(17)30-14)23(29)26-18(7-9-31-2)19-12-21(28)27-22(25-19)16-4-3-8-24-13-16/h3-6,8,10-13,18H,7,9H2,1-2H3,(H,26,29)(H,25,27,28)/t18-/m1/s1. The molecule has 31 heavy (non-hydrogen) atoms. The van der Waals surface area contributed by atoms with Crippen molar-refractivity contribution in [2.24, 2.45) is 0 Å². The molecule has 0 radical (unpaired) electrons. The molecule has 4 aromatic rings. The van der Waals surface area contributed by atoms with Crippen LogP contribution >= 0.6 is 11.8 Å². The molecule has 0 saturated heterocycles. The fourth-order valence-electron chi connectivity index (χ4n) is 3.38. The third kappa shape index (κ3) is 4.86. The van der Waals surface area contributed by atoms with Gasteiger partial charge in [-0.25, -0.2) is 4.98 Å². The van der Waals surface area contributed by atoms with Gasteiger partial charge in [0, 0.05) is 35.0 Å². The molecule has 3 aromatic heterocycles. The van der Waals surface area contributed by atoms with Crippen LogP contribution in [0.3, 0.4) is 0 Å². The quantitative estimate of drug-likeness (QED) is 0.454. The van der Waals surface area contributed by atoms with Crippen molar-refractivity contribution in [1.29, 1.82) is 0 Å². The number of aryl methyl sites for hydroxylation is 1. The van der Waals surface area contributed by atoms with E-state index < -0.39 is 6.04 Å². The number of pyridine rings is 1. The smallest absolute Gasteiger partial charge is 0.251 e. The van der Waals surface area contributed by atoms with E-state index in [-0.39, 0.29) is 11.5 Å². The van der Waals surface area contributed by atoms with Crippen molar-refractivity contribution in [3.05, 3.63) is 82.2 Å². The lowest BCUT2D eigenvalue weighted by Crippen LogP contribution is -2.30. The van der Waals surface area contributed by atoms with Gasteiger partial charge in [-0.05, 0) is 61.8 Å². The van der Waals surface area contributed by atoms with Crippen molar-refractivity contribution in [3.63, 3.8) is 0 Å². The molecule has 8 heteroatoms. The van der Waals surface area contributed by atoms with Crippen LogP contribution in [0.25, 0.3) is 22.4 Å². The van der Waals surface area contributed by atoms with Crippen LogP contribution in [-0.4, -0.2) is 32.9 Å². The molecule has 1 amide bonds. The van der Waals surface area contributed by atoms with Crippen LogP contribution in [0.1, 0.15) is 34.3 Å². The lowest BCUT2D eigenvalue weighted by molar-refractivity contribution is 0.0935. The molecule has 7 nitrogen and oxygen atoms in total. The van der Waals surface area contributed by atoms with Crippen molar-refractivity contribution in [1.82, 2.24) is 20.3 Å². The molecule has 1 aromatic carbocycles. The van der Waals surface area contributed by atoms with E-state index in [1.54, 1.807) is 48.4 Å². The first-order chi connectivity index (χ1) is 15.0. The third-order valence-electron chi connectivity index (χ3n) is 4.87. The van der Waals surface area contributed by atoms with Crippen molar-refractivity contribution in [3.8, 4) is 11.4 Å². The Bertz CT molecular complexity index is 1270. The van der Waals surface area contributed by atoms with Crippen molar-refractivity contribution in [2.75, 3.05) is 12.0 Å². The average molecular weight is 435 g/mol. The molecular weight excluding hydrogens is 412 g/mol. The van der Waals surface area contributed by atoms with E-state index in [4.69, 9.17) is 4.42 Å². The minimum atomic E-state index is -0.403. The predicted octanol–water partition coefficient (Wildman–Crippen LogP) is 4.11. The van der Waals surface area contributed by atoms with E-state index >= 15 is 0 Å². The number of H-pyrrole nitrogens is 1. The molecule has 4 rings (SSSR count). The Balaban J connectivity index is 1.64. The summed E-state index contributed by atoms with van der Waals surface area (Å²) in [5, 5.41) is 3.92. The topological polar surface area (TPSA) is 101 Å². The molecule has 0 spiro atoms. The van der Waals surface area contributed by atoms with E-state index in [1.807, 2.05) is 25.3 Å². The zero-order valence-electron chi connectivity index (χ0n) is 17.2. The summed E-state index contributed by atoms with van der Waals surface area (Å²) in [5.74, 6) is 1.80. The third-order valence-corrected chi connectivity index (χ3v) is 5.52. The Kier molecular flexibility index (Phi) is 6.18. The number of thioether (sulfide) groups is 1. The van der Waals surface area contributed by atoms with Gasteiger partial charge in [0.25, 0.3) is 11.5 Å². The minimum absolute atomic E-state index is 0.225. The Morgan fingerprint density at radius 1 is 1.26 bits per heavy atom. The van der Waals surface area contributed by atoms with Crippen LogP contribution in [0, 0.1) is 6.92 Å². The Hall–Kier alpha value is -3.39. The molecule has 2 N–H and O–H groups in total. The number of amides is 1. The Labute approximate surface area is 183 Å². The SMILES string of the molecule is CSCC[C@@H](NC(=O)c1ccc2oc(C)cc2c1)c1cc(=O)[nH]c(-c2cccnc2)n1. The average Bonchev–Trinajstić information content (AvgIpc) is 3.15. The van der Waals surface area contributed by atoms with Crippen molar-refractivity contribution < 1.29 is 9.21 Å². The Morgan fingerprint density at radius 2 is 2.13 bits per heavy atom. The second-order valence-electron chi connectivity index (χ2n) is 7.18. The van der Waals surface area contributed by atoms with E-state index in [9.17, 15) is 9.59 Å². The van der Waals surface area contributed by atoms with Gasteiger partial charge in [0.05, 0.1) is 11.7 Å². The molecule has 0 saturated carbocycles. The van der Waals surface area contributed by atoms with E-state index in [1.165, 1.54) is 6.07 Å². The monoisotopic (exact) mass is 434 g/mol. The van der Waals surface area contributed by atoms with Crippen LogP contribution in [-0.2, 0) is 0 Å². The number of fused-ring (bicyclic) bond motifs is 1. The molecule has 0 aliphatic carbocycles. The zero-order valence-corrected chi connectivity index (χ0v) is 18.0. The first-order valence-corrected chi connectivity index (χ1v) is 11.2. The minimum Gasteiger partial charge on any atom is -0.461 e. The number of benzene rings is 1. The van der Waals surface area contributed by atoms with Crippen molar-refractivity contribution in [2.45, 2.75) is 19.4 Å². The van der Waals surface area contributed by atoms with E-state index in [2.05, 4.69) is 20.3 Å². The maximum atomic E-state index is 13.0. The summed E-state index contributed by atoms with van der Waals surface area (Å²) >= 11 is 1.67. The number of nitrogens with one attached hydrogen (secondary N) is 2. The number of carbonyl (C=O) groups is 1. The fourth-order valence-corrected chi connectivity index (χ4v) is 3.85. The largest absolute Gasteiger partial charge is 0.461 e. The lowest BCUT2D eigenvalue weighted by atomic mass is 10.1. The summed E-state index contributed by atoms with van der Waals surface area (Å²) in [4.78, 5) is 36.8. The molecule has 0 fully saturated rings. The van der Waals surface area contributed by atoms with Gasteiger partial charge in [-0.15, -0.1) is 0 Å². The molecule has 0 unspecified atom stereocenters. The summed E-state index contributed by atoms with van der Waals surface area (Å²) in [7, 11) is 0. The van der Waals surface area contributed by atoms with E-state index in [0.29, 0.717) is 29.1 Å². The van der Waals surface area contributed by atoms with Crippen LogP contribution in [0.5, 0.6) is 0 Å². The summed E-state index contributed by atoms with van der Waals surface area (Å²) in [6.45, 7) is 1.87. The number of aromatic nitrogens is 3. The van der Waals surface area contributed by atoms with Gasteiger partial charge in [-0.2, -0.15) is 11.8 Å². The fraction of sp³-hybridized carbons (Fsp3) is 0.217. The highest BCUT2D eigenvalue weighted by Crippen LogP contribution is 2.22. The van der Waals surface area contributed by atoms with Crippen LogP contribution < -0.4 is 10.9 Å². The molecule has 0 bridgehead atoms. The number of nitrogens with zero attached hydrogens (tertiary/aromatic N) is 2. The van der Waals surface area contributed by atoms with Gasteiger partial charge in [-0.1, -0.05) is 0 Å². The van der Waals surface area contributed by atoms with Gasteiger partial charge in [0.2, 0.25) is 0 Å². The Morgan fingerprint density at radius 3 is 2.90 bits per heavy atom. The summed E-state index contributed by atoms with van der Waals surface area (Å²) in [6.07, 6.45) is 5.94. The molecule has 1 atom stereocenters. The highest BCUT2D eigenvalue weighted by atomic mass is 32.2. The number of carbonyl (C=O) groups excluding carboxylic acids is 1. The molecule has 0 aliphatic rings. The molecule has 3 heterocycles. The second kappa shape index (κ2) is 9.18. The van der Waals surface area contributed by atoms with E-state index in [0.717, 1.165) is 22.5 Å². The summed E-state index contributed by atoms with van der Waals surface area (Å²) in [5.41, 5.74) is 2.22. The second-order valence-corrected chi connectivity index (χ2v) is 8.16. The lowest BCUT2D eigenvalue weighted by Gasteiger charge is -2.18. The van der Waals surface area contributed by atoms with Gasteiger partial charge in [-0.3, -0.25) is 14.6 Å². The van der Waals surface area contributed by atoms with Crippen molar-refractivity contribution >= 4 is 28.6 Å². The maximum absolute atomic E-state index is 13.0. The number of hydrogen-bond donors (Lipinski definition) is 2. The first kappa shape index (κ1) is 20.9. The van der Waals surface area contributed by atoms with Gasteiger partial charge < -0.3 is 14.7 Å². The van der Waals surface area contributed by atoms with Crippen LogP contribution in [0.4, 0.5) is 0 Å². The number of furan rings is 1. The summed E-state index contributed by atoms with van der Waals surface area (Å²) < 4.78 is 5.59. The molecular formula is C23H22N4O3S.